The molecule has 1 fully saturated rings. The van der Waals surface area contributed by atoms with Crippen LogP contribution in [0.4, 0.5) is 4.39 Å². The Balaban J connectivity index is 1.73. The lowest BCUT2D eigenvalue weighted by Gasteiger charge is -2.40. The van der Waals surface area contributed by atoms with Crippen molar-refractivity contribution in [3.05, 3.63) is 83.7 Å². The second-order valence-electron chi connectivity index (χ2n) is 7.58. The van der Waals surface area contributed by atoms with Gasteiger partial charge in [0.1, 0.15) is 5.82 Å². The van der Waals surface area contributed by atoms with Crippen LogP contribution in [-0.2, 0) is 21.4 Å². The van der Waals surface area contributed by atoms with Gasteiger partial charge in [0.05, 0.1) is 5.41 Å². The molecule has 3 rings (SSSR count). The predicted molar refractivity (Wildman–Crippen MR) is 112 cm³/mol. The van der Waals surface area contributed by atoms with E-state index in [1.165, 1.54) is 12.1 Å². The third-order valence-electron chi connectivity index (χ3n) is 5.75. The lowest BCUT2D eigenvalue weighted by atomic mass is 9.72. The summed E-state index contributed by atoms with van der Waals surface area (Å²) >= 11 is 0. The van der Waals surface area contributed by atoms with Crippen LogP contribution < -0.4 is 5.32 Å². The molecule has 0 spiro atoms. The Morgan fingerprint density at radius 3 is 2.52 bits per heavy atom. The Hall–Kier alpha value is -2.95. The maximum absolute atomic E-state index is 14.0. The van der Waals surface area contributed by atoms with Crippen molar-refractivity contribution in [2.75, 3.05) is 19.6 Å². The summed E-state index contributed by atoms with van der Waals surface area (Å²) < 4.78 is 14.0. The molecule has 2 aromatic rings. The summed E-state index contributed by atoms with van der Waals surface area (Å²) in [6.07, 6.45) is 2.83. The standard InChI is InChI=1S/C24H27FN2O2/c1-3-22(28)27-15-12-24(13-16-27,20-7-5-4-6-8-20)23(29)26-14-11-19-17-18(2)9-10-21(19)25/h3-10,17H,1,11-16H2,2H3,(H,26,29). The van der Waals surface area contributed by atoms with Gasteiger partial charge in [0.15, 0.2) is 0 Å². The minimum atomic E-state index is -0.690. The third-order valence-corrected chi connectivity index (χ3v) is 5.75. The summed E-state index contributed by atoms with van der Waals surface area (Å²) in [6, 6.07) is 14.7. The van der Waals surface area contributed by atoms with Gasteiger partial charge in [-0.05, 0) is 49.5 Å². The molecule has 4 nitrogen and oxygen atoms in total. The number of hydrogen-bond acceptors (Lipinski definition) is 2. The van der Waals surface area contributed by atoms with E-state index in [9.17, 15) is 14.0 Å². The topological polar surface area (TPSA) is 49.4 Å². The molecule has 0 saturated carbocycles. The van der Waals surface area contributed by atoms with E-state index < -0.39 is 5.41 Å². The first-order chi connectivity index (χ1) is 14.0. The largest absolute Gasteiger partial charge is 0.355 e. The number of halogens is 1. The van der Waals surface area contributed by atoms with E-state index in [2.05, 4.69) is 11.9 Å². The van der Waals surface area contributed by atoms with Gasteiger partial charge < -0.3 is 10.2 Å². The molecule has 0 atom stereocenters. The summed E-state index contributed by atoms with van der Waals surface area (Å²) in [4.78, 5) is 27.0. The van der Waals surface area contributed by atoms with Crippen LogP contribution in [0, 0.1) is 12.7 Å². The molecule has 0 aromatic heterocycles. The van der Waals surface area contributed by atoms with Crippen molar-refractivity contribution < 1.29 is 14.0 Å². The van der Waals surface area contributed by atoms with Gasteiger partial charge in [-0.3, -0.25) is 9.59 Å². The lowest BCUT2D eigenvalue weighted by molar-refractivity contribution is -0.133. The van der Waals surface area contributed by atoms with Crippen molar-refractivity contribution in [3.63, 3.8) is 0 Å². The number of nitrogens with one attached hydrogen (secondary N) is 1. The highest BCUT2D eigenvalue weighted by molar-refractivity contribution is 5.90. The Bertz CT molecular complexity index is 887. The molecule has 0 aliphatic carbocycles. The molecule has 152 valence electrons. The number of rotatable bonds is 6. The first-order valence-electron chi connectivity index (χ1n) is 9.96. The summed E-state index contributed by atoms with van der Waals surface area (Å²) in [5.74, 6) is -0.427. The smallest absolute Gasteiger partial charge is 0.245 e. The molecule has 2 amide bonds. The molecular formula is C24H27FN2O2. The number of hydrogen-bond donors (Lipinski definition) is 1. The van der Waals surface area contributed by atoms with Crippen molar-refractivity contribution >= 4 is 11.8 Å². The van der Waals surface area contributed by atoms with E-state index in [0.717, 1.165) is 11.1 Å². The minimum Gasteiger partial charge on any atom is -0.355 e. The van der Waals surface area contributed by atoms with Gasteiger partial charge >= 0.3 is 0 Å². The molecule has 0 bridgehead atoms. The van der Waals surface area contributed by atoms with E-state index in [4.69, 9.17) is 0 Å². The zero-order valence-electron chi connectivity index (χ0n) is 16.8. The van der Waals surface area contributed by atoms with Crippen LogP contribution in [-0.4, -0.2) is 36.3 Å². The molecular weight excluding hydrogens is 367 g/mol. The molecule has 0 radical (unpaired) electrons. The Morgan fingerprint density at radius 2 is 1.86 bits per heavy atom. The van der Waals surface area contributed by atoms with Crippen LogP contribution in [0.5, 0.6) is 0 Å². The highest BCUT2D eigenvalue weighted by Gasteiger charge is 2.43. The monoisotopic (exact) mass is 394 g/mol. The van der Waals surface area contributed by atoms with Crippen molar-refractivity contribution in [2.24, 2.45) is 0 Å². The van der Waals surface area contributed by atoms with Crippen molar-refractivity contribution in [1.82, 2.24) is 10.2 Å². The first kappa shape index (κ1) is 20.8. The number of benzene rings is 2. The molecule has 1 N–H and O–H groups in total. The molecule has 2 aromatic carbocycles. The maximum Gasteiger partial charge on any atom is 0.245 e. The van der Waals surface area contributed by atoms with Gasteiger partial charge in [-0.1, -0.05) is 54.6 Å². The number of aryl methyl sites for hydroxylation is 1. The normalized spacial score (nSPS) is 15.6. The van der Waals surface area contributed by atoms with E-state index in [1.807, 2.05) is 43.3 Å². The highest BCUT2D eigenvalue weighted by atomic mass is 19.1. The first-order valence-corrected chi connectivity index (χ1v) is 9.96. The number of nitrogens with zero attached hydrogens (tertiary/aromatic N) is 1. The van der Waals surface area contributed by atoms with Crippen molar-refractivity contribution in [2.45, 2.75) is 31.6 Å². The molecule has 1 aliphatic heterocycles. The number of amides is 2. The summed E-state index contributed by atoms with van der Waals surface area (Å²) in [5.41, 5.74) is 1.85. The SMILES string of the molecule is C=CC(=O)N1CCC(C(=O)NCCc2cc(C)ccc2F)(c2ccccc2)CC1. The summed E-state index contributed by atoms with van der Waals surface area (Å²) in [6.45, 7) is 6.83. The second-order valence-corrected chi connectivity index (χ2v) is 7.58. The summed E-state index contributed by atoms with van der Waals surface area (Å²) in [7, 11) is 0. The Kier molecular flexibility index (Phi) is 6.47. The Morgan fingerprint density at radius 1 is 1.17 bits per heavy atom. The average molecular weight is 394 g/mol. The number of piperidine rings is 1. The van der Waals surface area contributed by atoms with E-state index in [-0.39, 0.29) is 17.6 Å². The predicted octanol–water partition coefficient (Wildman–Crippen LogP) is 3.54. The van der Waals surface area contributed by atoms with Crippen LogP contribution in [0.25, 0.3) is 0 Å². The van der Waals surface area contributed by atoms with Crippen LogP contribution in [0.15, 0.2) is 61.2 Å². The van der Waals surface area contributed by atoms with E-state index in [1.54, 1.807) is 11.0 Å². The number of likely N-dealkylation sites (tertiary alicyclic amines) is 1. The van der Waals surface area contributed by atoms with E-state index >= 15 is 0 Å². The quantitative estimate of drug-likeness (QED) is 0.762. The highest BCUT2D eigenvalue weighted by Crippen LogP contribution is 2.36. The van der Waals surface area contributed by atoms with Crippen LogP contribution in [0.1, 0.15) is 29.5 Å². The zero-order valence-corrected chi connectivity index (χ0v) is 16.8. The fourth-order valence-corrected chi connectivity index (χ4v) is 4.02. The van der Waals surface area contributed by atoms with Gasteiger partial charge in [0.2, 0.25) is 11.8 Å². The van der Waals surface area contributed by atoms with E-state index in [0.29, 0.717) is 44.5 Å². The van der Waals surface area contributed by atoms with Gasteiger partial charge in [-0.15, -0.1) is 0 Å². The fourth-order valence-electron chi connectivity index (χ4n) is 4.02. The van der Waals surface area contributed by atoms with Gasteiger partial charge in [0.25, 0.3) is 0 Å². The summed E-state index contributed by atoms with van der Waals surface area (Å²) in [5, 5.41) is 3.02. The molecule has 29 heavy (non-hydrogen) atoms. The third kappa shape index (κ3) is 4.56. The van der Waals surface area contributed by atoms with Crippen LogP contribution in [0.2, 0.25) is 0 Å². The van der Waals surface area contributed by atoms with Crippen molar-refractivity contribution in [3.8, 4) is 0 Å². The zero-order chi connectivity index (χ0) is 20.9. The molecule has 0 unspecified atom stereocenters. The molecule has 1 aliphatic rings. The minimum absolute atomic E-state index is 0.0672. The number of carbonyl (C=O) groups excluding carboxylic acids is 2. The fraction of sp³-hybridized carbons (Fsp3) is 0.333. The molecule has 1 heterocycles. The Labute approximate surface area is 171 Å². The average Bonchev–Trinajstić information content (AvgIpc) is 2.76. The lowest BCUT2D eigenvalue weighted by Crippen LogP contribution is -2.52. The van der Waals surface area contributed by atoms with Crippen LogP contribution >= 0.6 is 0 Å². The van der Waals surface area contributed by atoms with Gasteiger partial charge in [-0.2, -0.15) is 0 Å². The maximum atomic E-state index is 14.0. The molecule has 5 heteroatoms. The van der Waals surface area contributed by atoms with Crippen molar-refractivity contribution in [1.29, 1.82) is 0 Å². The molecule has 1 saturated heterocycles. The second kappa shape index (κ2) is 9.03. The number of carbonyl (C=O) groups is 2. The van der Waals surface area contributed by atoms with Gasteiger partial charge in [-0.25, -0.2) is 4.39 Å². The van der Waals surface area contributed by atoms with Crippen LogP contribution in [0.3, 0.4) is 0 Å². The van der Waals surface area contributed by atoms with Gasteiger partial charge in [0, 0.05) is 19.6 Å².